The monoisotopic (exact) mass is 456 g/mol. The fraction of sp³-hybridized carbons (Fsp3) is 0.200. The number of fused-ring (bicyclic) bond motifs is 2. The molecule has 1 aromatic carbocycles. The molecule has 13 heteroatoms. The summed E-state index contributed by atoms with van der Waals surface area (Å²) in [5, 5.41) is 6.71. The van der Waals surface area contributed by atoms with E-state index in [4.69, 9.17) is 4.52 Å². The van der Waals surface area contributed by atoms with E-state index in [0.717, 1.165) is 12.1 Å². The number of carbonyl (C=O) groups is 1. The summed E-state index contributed by atoms with van der Waals surface area (Å²) < 4.78 is 45.8. The van der Waals surface area contributed by atoms with Gasteiger partial charge in [-0.1, -0.05) is 5.16 Å². The first-order chi connectivity index (χ1) is 15.7. The minimum atomic E-state index is -4.46. The highest BCUT2D eigenvalue weighted by molar-refractivity contribution is 6.02. The summed E-state index contributed by atoms with van der Waals surface area (Å²) in [7, 11) is 1.73. The van der Waals surface area contributed by atoms with Crippen LogP contribution in [0.5, 0.6) is 0 Å². The van der Waals surface area contributed by atoms with Crippen LogP contribution in [-0.2, 0) is 13.2 Å². The normalized spacial score (nSPS) is 13.0. The van der Waals surface area contributed by atoms with Crippen molar-refractivity contribution in [3.8, 4) is 11.5 Å². The lowest BCUT2D eigenvalue weighted by atomic mass is 10.2. The van der Waals surface area contributed by atoms with E-state index < -0.39 is 23.7 Å². The van der Waals surface area contributed by atoms with E-state index in [1.807, 2.05) is 0 Å². The Hall–Kier alpha value is -4.29. The van der Waals surface area contributed by atoms with Crippen molar-refractivity contribution in [2.75, 3.05) is 0 Å². The molecule has 0 saturated heterocycles. The maximum Gasteiger partial charge on any atom is 0.416 e. The first-order valence-electron chi connectivity index (χ1n) is 9.67. The molecule has 5 rings (SSSR count). The lowest BCUT2D eigenvalue weighted by Crippen LogP contribution is -2.27. The van der Waals surface area contributed by atoms with E-state index in [1.54, 1.807) is 24.6 Å². The number of H-pyrrole nitrogens is 1. The highest BCUT2D eigenvalue weighted by Gasteiger charge is 2.31. The van der Waals surface area contributed by atoms with Gasteiger partial charge in [0, 0.05) is 13.1 Å². The predicted octanol–water partition coefficient (Wildman–Crippen LogP) is 3.40. The van der Waals surface area contributed by atoms with Crippen LogP contribution in [0, 0.1) is 0 Å². The molecule has 0 radical (unpaired) electrons. The SMILES string of the molecule is C[C@H](NC(=O)c1ncnc2ncn(C)c12)c1cc(-c2nc3ccc(C(F)(F)F)cc3[nH]2)no1. The maximum absolute atomic E-state index is 12.9. The van der Waals surface area contributed by atoms with Crippen molar-refractivity contribution >= 4 is 28.1 Å². The fourth-order valence-corrected chi connectivity index (χ4v) is 3.40. The molecule has 1 amide bonds. The van der Waals surface area contributed by atoms with E-state index in [-0.39, 0.29) is 22.7 Å². The molecule has 4 heterocycles. The van der Waals surface area contributed by atoms with Gasteiger partial charge in [-0.3, -0.25) is 4.79 Å². The van der Waals surface area contributed by atoms with Crippen LogP contribution in [0.25, 0.3) is 33.7 Å². The van der Waals surface area contributed by atoms with E-state index in [9.17, 15) is 18.0 Å². The number of rotatable bonds is 4. The van der Waals surface area contributed by atoms with Crippen LogP contribution in [0.15, 0.2) is 41.4 Å². The first-order valence-corrected chi connectivity index (χ1v) is 9.67. The third-order valence-corrected chi connectivity index (χ3v) is 5.08. The maximum atomic E-state index is 12.9. The summed E-state index contributed by atoms with van der Waals surface area (Å²) in [5.41, 5.74) is 1.11. The second kappa shape index (κ2) is 7.39. The first kappa shape index (κ1) is 20.6. The van der Waals surface area contributed by atoms with Crippen LogP contribution >= 0.6 is 0 Å². The number of hydrogen-bond donors (Lipinski definition) is 2. The van der Waals surface area contributed by atoms with Crippen LogP contribution in [-0.4, -0.2) is 40.6 Å². The Morgan fingerprint density at radius 2 is 2.03 bits per heavy atom. The number of imidazole rings is 2. The molecule has 1 atom stereocenters. The summed E-state index contributed by atoms with van der Waals surface area (Å²) in [6.07, 6.45) is -1.67. The van der Waals surface area contributed by atoms with E-state index >= 15 is 0 Å². The van der Waals surface area contributed by atoms with Gasteiger partial charge in [-0.05, 0) is 25.1 Å². The molecule has 0 bridgehead atoms. The Morgan fingerprint density at radius 1 is 1.21 bits per heavy atom. The summed E-state index contributed by atoms with van der Waals surface area (Å²) in [5.74, 6) is 0.107. The van der Waals surface area contributed by atoms with Crippen LogP contribution in [0.4, 0.5) is 13.2 Å². The summed E-state index contributed by atoms with van der Waals surface area (Å²) >= 11 is 0. The zero-order valence-corrected chi connectivity index (χ0v) is 17.2. The van der Waals surface area contributed by atoms with Gasteiger partial charge in [-0.25, -0.2) is 19.9 Å². The fourth-order valence-electron chi connectivity index (χ4n) is 3.40. The zero-order chi connectivity index (χ0) is 23.3. The van der Waals surface area contributed by atoms with Crippen LogP contribution in [0.2, 0.25) is 0 Å². The number of hydrogen-bond acceptors (Lipinski definition) is 7. The molecular weight excluding hydrogens is 441 g/mol. The average Bonchev–Trinajstić information content (AvgIpc) is 3.50. The van der Waals surface area contributed by atoms with Crippen molar-refractivity contribution in [1.29, 1.82) is 0 Å². The number of aromatic amines is 1. The van der Waals surface area contributed by atoms with Crippen molar-refractivity contribution < 1.29 is 22.5 Å². The molecular formula is C20H15F3N8O2. The molecule has 0 aliphatic rings. The van der Waals surface area contributed by atoms with Gasteiger partial charge in [0.05, 0.1) is 29.0 Å². The van der Waals surface area contributed by atoms with Gasteiger partial charge >= 0.3 is 6.18 Å². The number of alkyl halides is 3. The summed E-state index contributed by atoms with van der Waals surface area (Å²) in [6.45, 7) is 1.69. The molecule has 4 aromatic heterocycles. The Kier molecular flexibility index (Phi) is 4.62. The number of amides is 1. The highest BCUT2D eigenvalue weighted by Crippen LogP contribution is 2.32. The molecule has 5 aromatic rings. The Balaban J connectivity index is 1.38. The van der Waals surface area contributed by atoms with Gasteiger partial charge in [-0.15, -0.1) is 0 Å². The van der Waals surface area contributed by atoms with Crippen molar-refractivity contribution in [2.24, 2.45) is 7.05 Å². The average molecular weight is 456 g/mol. The van der Waals surface area contributed by atoms with E-state index in [2.05, 4.69) is 35.4 Å². The number of aromatic nitrogens is 7. The quantitative estimate of drug-likeness (QED) is 0.424. The summed E-state index contributed by atoms with van der Waals surface area (Å²) in [6, 6.07) is 4.19. The third kappa shape index (κ3) is 3.66. The van der Waals surface area contributed by atoms with Crippen molar-refractivity contribution in [3.05, 3.63) is 53.9 Å². The van der Waals surface area contributed by atoms with Gasteiger partial charge in [0.15, 0.2) is 22.9 Å². The molecule has 0 unspecified atom stereocenters. The van der Waals surface area contributed by atoms with Crippen molar-refractivity contribution in [2.45, 2.75) is 19.1 Å². The largest absolute Gasteiger partial charge is 0.416 e. The Bertz CT molecular complexity index is 1500. The molecule has 168 valence electrons. The highest BCUT2D eigenvalue weighted by atomic mass is 19.4. The van der Waals surface area contributed by atoms with E-state index in [1.165, 1.54) is 18.7 Å². The molecule has 10 nitrogen and oxygen atoms in total. The molecule has 33 heavy (non-hydrogen) atoms. The second-order valence-electron chi connectivity index (χ2n) is 7.37. The zero-order valence-electron chi connectivity index (χ0n) is 17.2. The summed E-state index contributed by atoms with van der Waals surface area (Å²) in [4.78, 5) is 32.1. The Morgan fingerprint density at radius 3 is 2.82 bits per heavy atom. The van der Waals surface area contributed by atoms with Crippen molar-refractivity contribution in [1.82, 2.24) is 40.0 Å². The van der Waals surface area contributed by atoms with Gasteiger partial charge < -0.3 is 19.4 Å². The molecule has 0 spiro atoms. The van der Waals surface area contributed by atoms with Gasteiger partial charge in [0.1, 0.15) is 17.5 Å². The van der Waals surface area contributed by atoms with Gasteiger partial charge in [-0.2, -0.15) is 13.2 Å². The third-order valence-electron chi connectivity index (χ3n) is 5.08. The second-order valence-corrected chi connectivity index (χ2v) is 7.37. The molecule has 0 saturated carbocycles. The number of aryl methyl sites for hydroxylation is 1. The lowest BCUT2D eigenvalue weighted by Gasteiger charge is -2.10. The van der Waals surface area contributed by atoms with E-state index in [0.29, 0.717) is 22.4 Å². The Labute approximate surface area is 182 Å². The minimum Gasteiger partial charge on any atom is -0.358 e. The van der Waals surface area contributed by atoms with Crippen LogP contribution in [0.1, 0.15) is 34.8 Å². The topological polar surface area (TPSA) is 127 Å². The number of halogens is 3. The predicted molar refractivity (Wildman–Crippen MR) is 109 cm³/mol. The number of benzene rings is 1. The molecule has 0 aliphatic carbocycles. The molecule has 0 aliphatic heterocycles. The van der Waals surface area contributed by atoms with Crippen LogP contribution in [0.3, 0.4) is 0 Å². The number of nitrogens with zero attached hydrogens (tertiary/aromatic N) is 6. The molecule has 2 N–H and O–H groups in total. The van der Waals surface area contributed by atoms with Gasteiger partial charge in [0.2, 0.25) is 0 Å². The molecule has 0 fully saturated rings. The number of nitrogens with one attached hydrogen (secondary N) is 2. The van der Waals surface area contributed by atoms with Crippen LogP contribution < -0.4 is 5.32 Å². The number of carbonyl (C=O) groups excluding carboxylic acids is 1. The standard InChI is InChI=1S/C20H15F3N8O2/c1-9(27-19(32)15-16-18(25-7-24-15)26-8-31(16)2)14-6-13(30-33-14)17-28-11-4-3-10(20(21,22)23)5-12(11)29-17/h3-9H,1-2H3,(H,27,32)(H,28,29)/t9-/m0/s1. The smallest absolute Gasteiger partial charge is 0.358 e. The lowest BCUT2D eigenvalue weighted by molar-refractivity contribution is -0.137. The minimum absolute atomic E-state index is 0.157. The van der Waals surface area contributed by atoms with Crippen molar-refractivity contribution in [3.63, 3.8) is 0 Å². The van der Waals surface area contributed by atoms with Gasteiger partial charge in [0.25, 0.3) is 5.91 Å².